The van der Waals surface area contributed by atoms with Gasteiger partial charge in [0, 0.05) is 6.54 Å². The Morgan fingerprint density at radius 2 is 1.67 bits per heavy atom. The zero-order valence-electron chi connectivity index (χ0n) is 12.3. The molecule has 1 N–H and O–H groups in total. The van der Waals surface area contributed by atoms with Crippen LogP contribution in [0.5, 0.6) is 5.75 Å². The summed E-state index contributed by atoms with van der Waals surface area (Å²) in [5, 5.41) is 12.1. The lowest BCUT2D eigenvalue weighted by molar-refractivity contribution is 0.306. The molecule has 0 amide bonds. The molecule has 2 aromatic rings. The lowest BCUT2D eigenvalue weighted by atomic mass is 10.1. The first-order chi connectivity index (χ1) is 10.3. The summed E-state index contributed by atoms with van der Waals surface area (Å²) in [5.41, 5.74) is 2.99. The van der Waals surface area contributed by atoms with Crippen LogP contribution < -0.4 is 10.1 Å². The van der Waals surface area contributed by atoms with E-state index in [-0.39, 0.29) is 0 Å². The monoisotopic (exact) mass is 280 g/mol. The van der Waals surface area contributed by atoms with Gasteiger partial charge in [-0.1, -0.05) is 31.2 Å². The third kappa shape index (κ3) is 4.94. The van der Waals surface area contributed by atoms with Crippen molar-refractivity contribution in [1.29, 1.82) is 5.26 Å². The molecule has 108 valence electrons. The molecule has 3 heteroatoms. The van der Waals surface area contributed by atoms with E-state index in [9.17, 15) is 0 Å². The highest BCUT2D eigenvalue weighted by Crippen LogP contribution is 2.14. The van der Waals surface area contributed by atoms with Crippen LogP contribution in [0.4, 0.5) is 0 Å². The van der Waals surface area contributed by atoms with Crippen molar-refractivity contribution in [2.75, 3.05) is 6.54 Å². The van der Waals surface area contributed by atoms with Gasteiger partial charge in [0.1, 0.15) is 12.4 Å². The Kier molecular flexibility index (Phi) is 5.81. The fourth-order valence-corrected chi connectivity index (χ4v) is 1.96. The van der Waals surface area contributed by atoms with Gasteiger partial charge in [0.25, 0.3) is 0 Å². The van der Waals surface area contributed by atoms with E-state index >= 15 is 0 Å². The molecule has 0 unspecified atom stereocenters. The number of benzene rings is 2. The smallest absolute Gasteiger partial charge is 0.119 e. The second kappa shape index (κ2) is 8.08. The molecule has 0 bridgehead atoms. The lowest BCUT2D eigenvalue weighted by Crippen LogP contribution is -2.13. The summed E-state index contributed by atoms with van der Waals surface area (Å²) in [6, 6.07) is 17.7. The van der Waals surface area contributed by atoms with E-state index in [4.69, 9.17) is 10.00 Å². The number of nitrogens with one attached hydrogen (secondary N) is 1. The van der Waals surface area contributed by atoms with E-state index < -0.39 is 0 Å². The average molecular weight is 280 g/mol. The van der Waals surface area contributed by atoms with Crippen LogP contribution in [0.2, 0.25) is 0 Å². The molecular weight excluding hydrogens is 260 g/mol. The maximum Gasteiger partial charge on any atom is 0.119 e. The van der Waals surface area contributed by atoms with E-state index in [0.29, 0.717) is 12.2 Å². The molecule has 0 aliphatic carbocycles. The number of nitriles is 1. The summed E-state index contributed by atoms with van der Waals surface area (Å²) in [5.74, 6) is 0.860. The molecule has 2 aromatic carbocycles. The van der Waals surface area contributed by atoms with Crippen molar-refractivity contribution in [2.24, 2.45) is 0 Å². The minimum Gasteiger partial charge on any atom is -0.489 e. The van der Waals surface area contributed by atoms with Gasteiger partial charge in [0.15, 0.2) is 0 Å². The molecule has 0 heterocycles. The van der Waals surface area contributed by atoms with Crippen LogP contribution in [-0.4, -0.2) is 6.54 Å². The van der Waals surface area contributed by atoms with Crippen molar-refractivity contribution in [1.82, 2.24) is 5.32 Å². The average Bonchev–Trinajstić information content (AvgIpc) is 2.55. The van der Waals surface area contributed by atoms with Gasteiger partial charge < -0.3 is 10.1 Å². The minimum atomic E-state index is 0.513. The van der Waals surface area contributed by atoms with Gasteiger partial charge in [-0.3, -0.25) is 0 Å². The zero-order valence-corrected chi connectivity index (χ0v) is 12.3. The summed E-state index contributed by atoms with van der Waals surface area (Å²) < 4.78 is 5.74. The van der Waals surface area contributed by atoms with Crippen LogP contribution in [0.3, 0.4) is 0 Å². The van der Waals surface area contributed by atoms with Crippen LogP contribution in [0, 0.1) is 11.3 Å². The summed E-state index contributed by atoms with van der Waals surface area (Å²) in [7, 11) is 0. The van der Waals surface area contributed by atoms with Gasteiger partial charge in [-0.2, -0.15) is 5.26 Å². The predicted octanol–water partition coefficient (Wildman–Crippen LogP) is 3.64. The standard InChI is InChI=1S/C18H20N2O/c1-2-11-20-13-16-7-9-18(10-8-16)21-14-17-5-3-15(12-19)4-6-17/h3-10,20H,2,11,13-14H2,1H3. The molecule has 2 rings (SSSR count). The lowest BCUT2D eigenvalue weighted by Gasteiger charge is -2.08. The first-order valence-electron chi connectivity index (χ1n) is 7.23. The Labute approximate surface area is 126 Å². The fraction of sp³-hybridized carbons (Fsp3) is 0.278. The minimum absolute atomic E-state index is 0.513. The number of ether oxygens (including phenoxy) is 1. The maximum atomic E-state index is 8.75. The highest BCUT2D eigenvalue weighted by Gasteiger charge is 1.98. The van der Waals surface area contributed by atoms with Crippen LogP contribution in [0.15, 0.2) is 48.5 Å². The quantitative estimate of drug-likeness (QED) is 0.788. The van der Waals surface area contributed by atoms with E-state index in [2.05, 4.69) is 30.4 Å². The zero-order chi connectivity index (χ0) is 14.9. The van der Waals surface area contributed by atoms with Crippen LogP contribution in [0.25, 0.3) is 0 Å². The van der Waals surface area contributed by atoms with E-state index in [0.717, 1.165) is 30.8 Å². The molecule has 3 nitrogen and oxygen atoms in total. The van der Waals surface area contributed by atoms with Gasteiger partial charge >= 0.3 is 0 Å². The second-order valence-corrected chi connectivity index (χ2v) is 4.92. The Morgan fingerprint density at radius 1 is 1.00 bits per heavy atom. The number of nitrogens with zero attached hydrogens (tertiary/aromatic N) is 1. The summed E-state index contributed by atoms with van der Waals surface area (Å²) in [6.45, 7) is 4.60. The second-order valence-electron chi connectivity index (χ2n) is 4.92. The molecule has 0 saturated heterocycles. The van der Waals surface area contributed by atoms with Crippen LogP contribution in [-0.2, 0) is 13.2 Å². The third-order valence-electron chi connectivity index (χ3n) is 3.17. The van der Waals surface area contributed by atoms with Crippen molar-refractivity contribution in [3.8, 4) is 11.8 Å². The summed E-state index contributed by atoms with van der Waals surface area (Å²) >= 11 is 0. The molecule has 0 aromatic heterocycles. The Balaban J connectivity index is 1.84. The molecule has 0 spiro atoms. The molecular formula is C18H20N2O. The van der Waals surface area contributed by atoms with E-state index in [1.54, 1.807) is 12.1 Å². The first-order valence-corrected chi connectivity index (χ1v) is 7.23. The molecule has 0 radical (unpaired) electrons. The SMILES string of the molecule is CCCNCc1ccc(OCc2ccc(C#N)cc2)cc1. The molecule has 0 saturated carbocycles. The number of hydrogen-bond donors (Lipinski definition) is 1. The van der Waals surface area contributed by atoms with E-state index in [1.807, 2.05) is 24.3 Å². The molecule has 0 atom stereocenters. The highest BCUT2D eigenvalue weighted by atomic mass is 16.5. The third-order valence-corrected chi connectivity index (χ3v) is 3.17. The van der Waals surface area contributed by atoms with Gasteiger partial charge in [0.05, 0.1) is 11.6 Å². The molecule has 0 aliphatic rings. The highest BCUT2D eigenvalue weighted by molar-refractivity contribution is 5.32. The fourth-order valence-electron chi connectivity index (χ4n) is 1.96. The van der Waals surface area contributed by atoms with Gasteiger partial charge in [-0.05, 0) is 48.4 Å². The Bertz CT molecular complexity index is 582. The Morgan fingerprint density at radius 3 is 2.29 bits per heavy atom. The van der Waals surface area contributed by atoms with Crippen molar-refractivity contribution in [3.63, 3.8) is 0 Å². The van der Waals surface area contributed by atoms with Crippen LogP contribution >= 0.6 is 0 Å². The summed E-state index contributed by atoms with van der Waals surface area (Å²) in [6.07, 6.45) is 1.14. The normalized spacial score (nSPS) is 10.1. The predicted molar refractivity (Wildman–Crippen MR) is 83.9 cm³/mol. The summed E-state index contributed by atoms with van der Waals surface area (Å²) in [4.78, 5) is 0. The van der Waals surface area contributed by atoms with Crippen LogP contribution in [0.1, 0.15) is 30.0 Å². The number of hydrogen-bond acceptors (Lipinski definition) is 3. The van der Waals surface area contributed by atoms with Gasteiger partial charge in [-0.15, -0.1) is 0 Å². The molecule has 21 heavy (non-hydrogen) atoms. The van der Waals surface area contributed by atoms with Crippen molar-refractivity contribution < 1.29 is 4.74 Å². The van der Waals surface area contributed by atoms with E-state index in [1.165, 1.54) is 5.56 Å². The molecule has 0 fully saturated rings. The van der Waals surface area contributed by atoms with Crippen molar-refractivity contribution >= 4 is 0 Å². The van der Waals surface area contributed by atoms with Crippen molar-refractivity contribution in [2.45, 2.75) is 26.5 Å². The largest absolute Gasteiger partial charge is 0.489 e. The first kappa shape index (κ1) is 15.1. The topological polar surface area (TPSA) is 45.0 Å². The van der Waals surface area contributed by atoms with Gasteiger partial charge in [-0.25, -0.2) is 0 Å². The van der Waals surface area contributed by atoms with Crippen molar-refractivity contribution in [3.05, 3.63) is 65.2 Å². The number of rotatable bonds is 7. The maximum absolute atomic E-state index is 8.75. The Hall–Kier alpha value is -2.31. The molecule has 0 aliphatic heterocycles. The van der Waals surface area contributed by atoms with Gasteiger partial charge in [0.2, 0.25) is 0 Å².